The molecule has 86 valence electrons. The number of thioether (sulfide) groups is 1. The van der Waals surface area contributed by atoms with Gasteiger partial charge in [-0.25, -0.2) is 0 Å². The van der Waals surface area contributed by atoms with Crippen LogP contribution in [0.4, 0.5) is 5.69 Å². The zero-order valence-electron chi connectivity index (χ0n) is 9.43. The summed E-state index contributed by atoms with van der Waals surface area (Å²) in [5.41, 5.74) is 8.53. The lowest BCUT2D eigenvalue weighted by Crippen LogP contribution is -2.34. The van der Waals surface area contributed by atoms with Crippen LogP contribution in [-0.4, -0.2) is 30.1 Å². The molecule has 2 heterocycles. The minimum atomic E-state index is 0.744. The molecule has 3 heteroatoms. The fourth-order valence-electron chi connectivity index (χ4n) is 2.85. The number of hydrogen-bond donors (Lipinski definition) is 1. The van der Waals surface area contributed by atoms with Gasteiger partial charge in [-0.2, -0.15) is 11.8 Å². The maximum Gasteiger partial charge on any atom is 0.0402 e. The minimum Gasteiger partial charge on any atom is -0.366 e. The van der Waals surface area contributed by atoms with Crippen molar-refractivity contribution in [3.63, 3.8) is 0 Å². The highest BCUT2D eigenvalue weighted by atomic mass is 32.2. The molecule has 2 atom stereocenters. The number of para-hydroxylation sites is 1. The Bertz CT molecular complexity index is 380. The van der Waals surface area contributed by atoms with Crippen LogP contribution in [0.5, 0.6) is 0 Å². The number of rotatable bonds is 3. The van der Waals surface area contributed by atoms with Gasteiger partial charge in [0.2, 0.25) is 0 Å². The van der Waals surface area contributed by atoms with Crippen LogP contribution < -0.4 is 10.6 Å². The first kappa shape index (κ1) is 10.5. The van der Waals surface area contributed by atoms with E-state index in [0.717, 1.165) is 24.3 Å². The van der Waals surface area contributed by atoms with Gasteiger partial charge in [0.05, 0.1) is 0 Å². The highest BCUT2D eigenvalue weighted by Gasteiger charge is 2.38. The number of fused-ring (bicyclic) bond motifs is 2. The number of hydrogen-bond acceptors (Lipinski definition) is 3. The zero-order chi connectivity index (χ0) is 11.0. The monoisotopic (exact) mass is 234 g/mol. The Morgan fingerprint density at radius 3 is 2.94 bits per heavy atom. The maximum atomic E-state index is 5.68. The first-order valence-corrected chi connectivity index (χ1v) is 7.09. The molecule has 2 unspecified atom stereocenters. The van der Waals surface area contributed by atoms with Gasteiger partial charge in [-0.3, -0.25) is 0 Å². The molecular weight excluding hydrogens is 216 g/mol. The Kier molecular flexibility index (Phi) is 2.82. The van der Waals surface area contributed by atoms with E-state index in [2.05, 4.69) is 40.9 Å². The molecule has 16 heavy (non-hydrogen) atoms. The summed E-state index contributed by atoms with van der Waals surface area (Å²) in [4.78, 5) is 2.60. The van der Waals surface area contributed by atoms with Crippen LogP contribution in [0.2, 0.25) is 0 Å². The van der Waals surface area contributed by atoms with E-state index in [9.17, 15) is 0 Å². The van der Waals surface area contributed by atoms with Crippen molar-refractivity contribution in [2.24, 2.45) is 5.73 Å². The molecule has 1 aromatic carbocycles. The molecule has 2 fully saturated rings. The van der Waals surface area contributed by atoms with Crippen LogP contribution in [-0.2, 0) is 6.42 Å². The van der Waals surface area contributed by atoms with E-state index in [-0.39, 0.29) is 0 Å². The third-order valence-corrected chi connectivity index (χ3v) is 5.01. The zero-order valence-corrected chi connectivity index (χ0v) is 10.2. The van der Waals surface area contributed by atoms with Crippen LogP contribution in [0.3, 0.4) is 0 Å². The minimum absolute atomic E-state index is 0.744. The predicted octanol–water partition coefficient (Wildman–Crippen LogP) is 1.88. The van der Waals surface area contributed by atoms with Crippen molar-refractivity contribution in [3.05, 3.63) is 29.8 Å². The van der Waals surface area contributed by atoms with Crippen LogP contribution >= 0.6 is 11.8 Å². The summed E-state index contributed by atoms with van der Waals surface area (Å²) in [6.07, 6.45) is 2.37. The highest BCUT2D eigenvalue weighted by molar-refractivity contribution is 8.00. The standard InChI is InChI=1S/C13H18N2S/c14-6-5-10-3-1-2-4-13(10)15-8-12-7-11(15)9-16-12/h1-4,11-12H,5-9,14H2. The van der Waals surface area contributed by atoms with Crippen molar-refractivity contribution in [2.75, 3.05) is 23.7 Å². The molecule has 0 amide bonds. The fraction of sp³-hybridized carbons (Fsp3) is 0.538. The largest absolute Gasteiger partial charge is 0.366 e. The second-order valence-corrected chi connectivity index (χ2v) is 6.00. The molecule has 0 aliphatic carbocycles. The molecule has 3 rings (SSSR count). The smallest absolute Gasteiger partial charge is 0.0402 e. The quantitative estimate of drug-likeness (QED) is 0.866. The highest BCUT2D eigenvalue weighted by Crippen LogP contribution is 2.40. The van der Waals surface area contributed by atoms with Crippen LogP contribution in [0.25, 0.3) is 0 Å². The summed E-state index contributed by atoms with van der Waals surface area (Å²) in [7, 11) is 0. The third-order valence-electron chi connectivity index (χ3n) is 3.62. The lowest BCUT2D eigenvalue weighted by molar-refractivity contribution is 0.757. The molecule has 0 radical (unpaired) electrons. The predicted molar refractivity (Wildman–Crippen MR) is 71.2 cm³/mol. The SMILES string of the molecule is NCCc1ccccc1N1CC2CC1CS2. The van der Waals surface area contributed by atoms with E-state index in [4.69, 9.17) is 5.73 Å². The Hall–Kier alpha value is -0.670. The van der Waals surface area contributed by atoms with Gasteiger partial charge in [-0.1, -0.05) is 18.2 Å². The number of benzene rings is 1. The van der Waals surface area contributed by atoms with Crippen LogP contribution in [0, 0.1) is 0 Å². The van der Waals surface area contributed by atoms with Crippen molar-refractivity contribution in [3.8, 4) is 0 Å². The summed E-state index contributed by atoms with van der Waals surface area (Å²) in [6.45, 7) is 1.98. The van der Waals surface area contributed by atoms with Crippen molar-refractivity contribution >= 4 is 17.4 Å². The average Bonchev–Trinajstić information content (AvgIpc) is 2.92. The summed E-state index contributed by atoms with van der Waals surface area (Å²) >= 11 is 2.14. The van der Waals surface area contributed by atoms with Gasteiger partial charge in [-0.05, 0) is 31.0 Å². The molecule has 2 aliphatic rings. The lowest BCUT2D eigenvalue weighted by Gasteiger charge is -2.30. The van der Waals surface area contributed by atoms with Gasteiger partial charge in [0.15, 0.2) is 0 Å². The van der Waals surface area contributed by atoms with Gasteiger partial charge >= 0.3 is 0 Å². The van der Waals surface area contributed by atoms with E-state index in [0.29, 0.717) is 0 Å². The van der Waals surface area contributed by atoms with Gasteiger partial charge in [0.25, 0.3) is 0 Å². The molecule has 0 saturated carbocycles. The van der Waals surface area contributed by atoms with Crippen molar-refractivity contribution in [1.29, 1.82) is 0 Å². The average molecular weight is 234 g/mol. The van der Waals surface area contributed by atoms with E-state index in [1.54, 1.807) is 0 Å². The Morgan fingerprint density at radius 1 is 1.38 bits per heavy atom. The van der Waals surface area contributed by atoms with Crippen LogP contribution in [0.15, 0.2) is 24.3 Å². The van der Waals surface area contributed by atoms with E-state index < -0.39 is 0 Å². The van der Waals surface area contributed by atoms with E-state index >= 15 is 0 Å². The molecule has 1 aromatic rings. The number of nitrogens with two attached hydrogens (primary N) is 1. The molecular formula is C13H18N2S. The number of nitrogens with zero attached hydrogens (tertiary/aromatic N) is 1. The second-order valence-electron chi connectivity index (χ2n) is 4.66. The van der Waals surface area contributed by atoms with E-state index in [1.807, 2.05) is 0 Å². The second kappa shape index (κ2) is 4.30. The van der Waals surface area contributed by atoms with Gasteiger partial charge in [0.1, 0.15) is 0 Å². The first-order valence-electron chi connectivity index (χ1n) is 6.04. The van der Waals surface area contributed by atoms with E-state index in [1.165, 1.54) is 30.0 Å². The van der Waals surface area contributed by atoms with Crippen molar-refractivity contribution in [1.82, 2.24) is 0 Å². The fourth-order valence-corrected chi connectivity index (χ4v) is 4.29. The molecule has 2 bridgehead atoms. The summed E-state index contributed by atoms with van der Waals surface area (Å²) in [5.74, 6) is 1.31. The third kappa shape index (κ3) is 1.72. The molecule has 2 aliphatic heterocycles. The maximum absolute atomic E-state index is 5.68. The van der Waals surface area contributed by atoms with Crippen molar-refractivity contribution < 1.29 is 0 Å². The Morgan fingerprint density at radius 2 is 2.25 bits per heavy atom. The molecule has 0 spiro atoms. The summed E-state index contributed by atoms with van der Waals surface area (Å²) in [5, 5.41) is 0.871. The van der Waals surface area contributed by atoms with Gasteiger partial charge in [0, 0.05) is 29.3 Å². The van der Waals surface area contributed by atoms with Gasteiger partial charge < -0.3 is 10.6 Å². The normalized spacial score (nSPS) is 27.7. The molecule has 2 N–H and O–H groups in total. The number of anilines is 1. The summed E-state index contributed by atoms with van der Waals surface area (Å²) < 4.78 is 0. The Labute approximate surface area is 101 Å². The van der Waals surface area contributed by atoms with Gasteiger partial charge in [-0.15, -0.1) is 0 Å². The summed E-state index contributed by atoms with van der Waals surface area (Å²) in [6, 6.07) is 9.53. The molecule has 2 saturated heterocycles. The Balaban J connectivity index is 1.88. The topological polar surface area (TPSA) is 29.3 Å². The first-order chi connectivity index (χ1) is 7.88. The van der Waals surface area contributed by atoms with Crippen LogP contribution in [0.1, 0.15) is 12.0 Å². The van der Waals surface area contributed by atoms with Crippen molar-refractivity contribution in [2.45, 2.75) is 24.1 Å². The molecule has 2 nitrogen and oxygen atoms in total. The lowest BCUT2D eigenvalue weighted by atomic mass is 10.1. The molecule has 0 aromatic heterocycles.